The molecular formula is C20H21N5O4. The van der Waals surface area contributed by atoms with E-state index in [4.69, 9.17) is 9.47 Å². The molecule has 3 rings (SSSR count). The molecule has 9 nitrogen and oxygen atoms in total. The molecule has 29 heavy (non-hydrogen) atoms. The Hall–Kier alpha value is -3.75. The van der Waals surface area contributed by atoms with Gasteiger partial charge >= 0.3 is 5.97 Å². The Kier molecular flexibility index (Phi) is 6.51. The number of methoxy groups -OCH3 is 1. The highest BCUT2D eigenvalue weighted by Gasteiger charge is 2.11. The van der Waals surface area contributed by atoms with Gasteiger partial charge in [0.05, 0.1) is 20.3 Å². The summed E-state index contributed by atoms with van der Waals surface area (Å²) in [5, 5.41) is 15.0. The molecule has 0 spiro atoms. The molecule has 0 atom stereocenters. The predicted molar refractivity (Wildman–Crippen MR) is 104 cm³/mol. The van der Waals surface area contributed by atoms with E-state index in [1.807, 2.05) is 24.3 Å². The SMILES string of the molecule is CCOC(=O)CNC(=O)c1ccc(-c2nnn(Cc3ccc(OC)cc3)n2)cc1. The molecule has 1 heterocycles. The standard InChI is InChI=1S/C20H21N5O4/c1-3-29-18(26)12-21-20(27)16-8-6-15(7-9-16)19-22-24-25(23-19)13-14-4-10-17(28-2)11-5-14/h4-11H,3,12-13H2,1-2H3,(H,21,27). The van der Waals surface area contributed by atoms with Gasteiger partial charge in [-0.2, -0.15) is 4.80 Å². The van der Waals surface area contributed by atoms with Crippen LogP contribution in [0.2, 0.25) is 0 Å². The van der Waals surface area contributed by atoms with Gasteiger partial charge in [-0.25, -0.2) is 0 Å². The predicted octanol–water partition coefficient (Wildman–Crippen LogP) is 1.69. The number of tetrazole rings is 1. The number of hydrogen-bond donors (Lipinski definition) is 1. The molecule has 0 aliphatic heterocycles. The van der Waals surface area contributed by atoms with Gasteiger partial charge in [0.1, 0.15) is 12.3 Å². The lowest BCUT2D eigenvalue weighted by atomic mass is 10.1. The fraction of sp³-hybridized carbons (Fsp3) is 0.250. The third-order valence-electron chi connectivity index (χ3n) is 4.04. The Morgan fingerprint density at radius 1 is 1.07 bits per heavy atom. The van der Waals surface area contributed by atoms with Crippen molar-refractivity contribution in [2.75, 3.05) is 20.3 Å². The fourth-order valence-electron chi connectivity index (χ4n) is 2.56. The Balaban J connectivity index is 1.61. The number of carbonyl (C=O) groups excluding carboxylic acids is 2. The zero-order valence-electron chi connectivity index (χ0n) is 16.2. The zero-order valence-corrected chi connectivity index (χ0v) is 16.2. The lowest BCUT2D eigenvalue weighted by Crippen LogP contribution is -2.30. The highest BCUT2D eigenvalue weighted by Crippen LogP contribution is 2.16. The largest absolute Gasteiger partial charge is 0.497 e. The van der Waals surface area contributed by atoms with Gasteiger partial charge in [-0.1, -0.05) is 24.3 Å². The molecule has 0 saturated carbocycles. The van der Waals surface area contributed by atoms with Crippen LogP contribution in [0.5, 0.6) is 5.75 Å². The summed E-state index contributed by atoms with van der Waals surface area (Å²) in [6, 6.07) is 14.4. The Morgan fingerprint density at radius 3 is 2.45 bits per heavy atom. The first kappa shape index (κ1) is 20.0. The van der Waals surface area contributed by atoms with Crippen molar-refractivity contribution in [1.29, 1.82) is 0 Å². The summed E-state index contributed by atoms with van der Waals surface area (Å²) < 4.78 is 9.92. The van der Waals surface area contributed by atoms with Crippen molar-refractivity contribution in [2.24, 2.45) is 0 Å². The molecule has 2 aromatic carbocycles. The van der Waals surface area contributed by atoms with Gasteiger partial charge in [0.25, 0.3) is 5.91 Å². The van der Waals surface area contributed by atoms with Crippen LogP contribution in [0.15, 0.2) is 48.5 Å². The summed E-state index contributed by atoms with van der Waals surface area (Å²) in [4.78, 5) is 24.9. The van der Waals surface area contributed by atoms with E-state index in [-0.39, 0.29) is 19.1 Å². The first-order valence-corrected chi connectivity index (χ1v) is 9.04. The smallest absolute Gasteiger partial charge is 0.325 e. The quantitative estimate of drug-likeness (QED) is 0.578. The van der Waals surface area contributed by atoms with Crippen LogP contribution in [-0.4, -0.2) is 52.3 Å². The van der Waals surface area contributed by atoms with Crippen molar-refractivity contribution in [2.45, 2.75) is 13.5 Å². The summed E-state index contributed by atoms with van der Waals surface area (Å²) in [5.74, 6) is 0.403. The number of nitrogens with one attached hydrogen (secondary N) is 1. The minimum atomic E-state index is -0.477. The van der Waals surface area contributed by atoms with Crippen LogP contribution in [0.3, 0.4) is 0 Å². The summed E-state index contributed by atoms with van der Waals surface area (Å²) >= 11 is 0. The third kappa shape index (κ3) is 5.38. The van der Waals surface area contributed by atoms with Gasteiger partial charge in [-0.3, -0.25) is 9.59 Å². The molecule has 0 unspecified atom stereocenters. The van der Waals surface area contributed by atoms with Gasteiger partial charge < -0.3 is 14.8 Å². The van der Waals surface area contributed by atoms with Crippen LogP contribution in [0, 0.1) is 0 Å². The zero-order chi connectivity index (χ0) is 20.6. The van der Waals surface area contributed by atoms with Crippen molar-refractivity contribution >= 4 is 11.9 Å². The van der Waals surface area contributed by atoms with Crippen LogP contribution < -0.4 is 10.1 Å². The van der Waals surface area contributed by atoms with E-state index >= 15 is 0 Å². The van der Waals surface area contributed by atoms with Gasteiger partial charge in [0.2, 0.25) is 5.82 Å². The second-order valence-electron chi connectivity index (χ2n) is 6.06. The molecular weight excluding hydrogens is 374 g/mol. The highest BCUT2D eigenvalue weighted by atomic mass is 16.5. The minimum Gasteiger partial charge on any atom is -0.497 e. The molecule has 1 aromatic heterocycles. The number of ether oxygens (including phenoxy) is 2. The maximum atomic E-state index is 12.1. The van der Waals surface area contributed by atoms with Crippen LogP contribution in [0.25, 0.3) is 11.4 Å². The number of rotatable bonds is 8. The van der Waals surface area contributed by atoms with Crippen LogP contribution in [0.4, 0.5) is 0 Å². The van der Waals surface area contributed by atoms with E-state index < -0.39 is 5.97 Å². The number of esters is 1. The van der Waals surface area contributed by atoms with Gasteiger partial charge in [0.15, 0.2) is 0 Å². The van der Waals surface area contributed by atoms with Gasteiger partial charge in [0, 0.05) is 11.1 Å². The van der Waals surface area contributed by atoms with E-state index in [1.165, 1.54) is 4.80 Å². The van der Waals surface area contributed by atoms with Crippen molar-refractivity contribution < 1.29 is 19.1 Å². The fourth-order valence-corrected chi connectivity index (χ4v) is 2.56. The summed E-state index contributed by atoms with van der Waals surface area (Å²) in [6.07, 6.45) is 0. The van der Waals surface area contributed by atoms with E-state index in [0.717, 1.165) is 16.9 Å². The number of aromatic nitrogens is 4. The molecule has 150 valence electrons. The lowest BCUT2D eigenvalue weighted by molar-refractivity contribution is -0.141. The molecule has 9 heteroatoms. The van der Waals surface area contributed by atoms with Gasteiger partial charge in [-0.15, -0.1) is 10.2 Å². The maximum Gasteiger partial charge on any atom is 0.325 e. The van der Waals surface area contributed by atoms with E-state index in [1.54, 1.807) is 38.3 Å². The number of hydrogen-bond acceptors (Lipinski definition) is 7. The molecule has 0 radical (unpaired) electrons. The Labute approximate surface area is 167 Å². The van der Waals surface area contributed by atoms with Crippen LogP contribution >= 0.6 is 0 Å². The number of amides is 1. The molecule has 0 fully saturated rings. The molecule has 1 amide bonds. The second kappa shape index (κ2) is 9.45. The second-order valence-corrected chi connectivity index (χ2v) is 6.06. The summed E-state index contributed by atoms with van der Waals surface area (Å²) in [6.45, 7) is 2.29. The van der Waals surface area contributed by atoms with Crippen LogP contribution in [0.1, 0.15) is 22.8 Å². The third-order valence-corrected chi connectivity index (χ3v) is 4.04. The number of benzene rings is 2. The molecule has 0 saturated heterocycles. The van der Waals surface area contributed by atoms with Crippen molar-refractivity contribution in [3.63, 3.8) is 0 Å². The van der Waals surface area contributed by atoms with Gasteiger partial charge in [-0.05, 0) is 42.0 Å². The molecule has 0 aliphatic rings. The molecule has 3 aromatic rings. The van der Waals surface area contributed by atoms with Crippen molar-refractivity contribution in [3.05, 3.63) is 59.7 Å². The maximum absolute atomic E-state index is 12.1. The molecule has 0 bridgehead atoms. The first-order chi connectivity index (χ1) is 14.1. The van der Waals surface area contributed by atoms with E-state index in [0.29, 0.717) is 17.9 Å². The van der Waals surface area contributed by atoms with Crippen molar-refractivity contribution in [1.82, 2.24) is 25.5 Å². The molecule has 0 aliphatic carbocycles. The molecule has 1 N–H and O–H groups in total. The topological polar surface area (TPSA) is 108 Å². The van der Waals surface area contributed by atoms with E-state index in [2.05, 4.69) is 20.7 Å². The number of carbonyl (C=O) groups is 2. The van der Waals surface area contributed by atoms with Crippen LogP contribution in [-0.2, 0) is 16.1 Å². The summed E-state index contributed by atoms with van der Waals surface area (Å²) in [7, 11) is 1.62. The van der Waals surface area contributed by atoms with Crippen molar-refractivity contribution in [3.8, 4) is 17.1 Å². The average molecular weight is 395 g/mol. The monoisotopic (exact) mass is 395 g/mol. The minimum absolute atomic E-state index is 0.171. The Bertz CT molecular complexity index is 967. The normalized spacial score (nSPS) is 10.4. The summed E-state index contributed by atoms with van der Waals surface area (Å²) in [5.41, 5.74) is 2.17. The lowest BCUT2D eigenvalue weighted by Gasteiger charge is -2.05. The first-order valence-electron chi connectivity index (χ1n) is 9.04. The number of nitrogens with zero attached hydrogens (tertiary/aromatic N) is 4. The highest BCUT2D eigenvalue weighted by molar-refractivity contribution is 5.96. The van der Waals surface area contributed by atoms with E-state index in [9.17, 15) is 9.59 Å². The Morgan fingerprint density at radius 2 is 1.79 bits per heavy atom. The average Bonchev–Trinajstić information content (AvgIpc) is 3.21.